The molecular formula is C21H15ClF2N4. The lowest BCUT2D eigenvalue weighted by Crippen LogP contribution is -2.10. The van der Waals surface area contributed by atoms with E-state index in [-0.39, 0.29) is 5.82 Å². The largest absolute Gasteiger partial charge is 0.377 e. The maximum Gasteiger partial charge on any atom is 0.128 e. The summed E-state index contributed by atoms with van der Waals surface area (Å²) in [6, 6.07) is 8.66. The minimum Gasteiger partial charge on any atom is -0.377 e. The molecule has 4 nitrogen and oxygen atoms in total. The van der Waals surface area contributed by atoms with Crippen LogP contribution in [0.15, 0.2) is 61.3 Å². The fraction of sp³-hybridized carbons (Fsp3) is 0.0952. The number of nitrogens with one attached hydrogen (secondary N) is 1. The average molecular weight is 397 g/mol. The van der Waals surface area contributed by atoms with Crippen LogP contribution in [0.4, 0.5) is 14.5 Å². The van der Waals surface area contributed by atoms with Crippen LogP contribution in [0.3, 0.4) is 0 Å². The maximum absolute atomic E-state index is 14.5. The van der Waals surface area contributed by atoms with Gasteiger partial charge in [-0.15, -0.1) is 0 Å². The van der Waals surface area contributed by atoms with Gasteiger partial charge in [-0.2, -0.15) is 0 Å². The number of anilines is 1. The molecule has 2 heterocycles. The average Bonchev–Trinajstić information content (AvgIpc) is 2.71. The summed E-state index contributed by atoms with van der Waals surface area (Å²) < 4.78 is 28.3. The van der Waals surface area contributed by atoms with Crippen LogP contribution in [-0.2, 0) is 0 Å². The van der Waals surface area contributed by atoms with Gasteiger partial charge in [0.25, 0.3) is 0 Å². The second kappa shape index (κ2) is 7.48. The summed E-state index contributed by atoms with van der Waals surface area (Å²) in [4.78, 5) is 12.2. The molecule has 0 saturated heterocycles. The quantitative estimate of drug-likeness (QED) is 0.474. The molecule has 28 heavy (non-hydrogen) atoms. The summed E-state index contributed by atoms with van der Waals surface area (Å²) in [7, 11) is 0. The first-order chi connectivity index (χ1) is 13.5. The first kappa shape index (κ1) is 18.3. The van der Waals surface area contributed by atoms with E-state index in [4.69, 9.17) is 11.6 Å². The van der Waals surface area contributed by atoms with Crippen molar-refractivity contribution in [2.45, 2.75) is 13.0 Å². The van der Waals surface area contributed by atoms with Gasteiger partial charge in [0, 0.05) is 35.1 Å². The Hall–Kier alpha value is -3.12. The lowest BCUT2D eigenvalue weighted by atomic mass is 10.0. The molecule has 0 fully saturated rings. The SMILES string of the molecule is CC(Nc1c(Cl)cnc2ccc(F)cc12)c1cc(-c2cncnc2)ccc1F. The molecule has 4 aromatic rings. The third-order valence-corrected chi connectivity index (χ3v) is 4.79. The Balaban J connectivity index is 1.73. The molecule has 4 rings (SSSR count). The fourth-order valence-electron chi connectivity index (χ4n) is 3.08. The minimum atomic E-state index is -0.434. The molecule has 1 atom stereocenters. The van der Waals surface area contributed by atoms with Crippen LogP contribution in [0.1, 0.15) is 18.5 Å². The van der Waals surface area contributed by atoms with Crippen LogP contribution in [-0.4, -0.2) is 15.0 Å². The molecule has 0 radical (unpaired) electrons. The second-order valence-corrected chi connectivity index (χ2v) is 6.78. The van der Waals surface area contributed by atoms with Gasteiger partial charge in [0.1, 0.15) is 18.0 Å². The zero-order chi connectivity index (χ0) is 19.7. The van der Waals surface area contributed by atoms with E-state index in [1.54, 1.807) is 30.6 Å². The van der Waals surface area contributed by atoms with E-state index in [0.717, 1.165) is 11.1 Å². The van der Waals surface area contributed by atoms with Crippen molar-refractivity contribution in [3.05, 3.63) is 83.5 Å². The molecule has 0 saturated carbocycles. The number of benzene rings is 2. The maximum atomic E-state index is 14.5. The van der Waals surface area contributed by atoms with E-state index in [0.29, 0.717) is 27.2 Å². The molecule has 0 aliphatic carbocycles. The van der Waals surface area contributed by atoms with Crippen molar-refractivity contribution >= 4 is 28.2 Å². The molecule has 140 valence electrons. The summed E-state index contributed by atoms with van der Waals surface area (Å²) in [5.41, 5.74) is 3.12. The number of aromatic nitrogens is 3. The number of fused-ring (bicyclic) bond motifs is 1. The summed E-state index contributed by atoms with van der Waals surface area (Å²) in [5, 5.41) is 4.07. The Labute approximate surface area is 165 Å². The number of pyridine rings is 1. The lowest BCUT2D eigenvalue weighted by Gasteiger charge is -2.19. The summed E-state index contributed by atoms with van der Waals surface area (Å²) in [6.07, 6.45) is 6.26. The second-order valence-electron chi connectivity index (χ2n) is 6.37. The topological polar surface area (TPSA) is 50.7 Å². The lowest BCUT2D eigenvalue weighted by molar-refractivity contribution is 0.600. The minimum absolute atomic E-state index is 0.331. The molecular weight excluding hydrogens is 382 g/mol. The van der Waals surface area contributed by atoms with Crippen molar-refractivity contribution in [2.75, 3.05) is 5.32 Å². The van der Waals surface area contributed by atoms with Gasteiger partial charge in [-0.3, -0.25) is 4.98 Å². The van der Waals surface area contributed by atoms with Crippen LogP contribution in [0.2, 0.25) is 5.02 Å². The van der Waals surface area contributed by atoms with Gasteiger partial charge < -0.3 is 5.32 Å². The Bertz CT molecular complexity index is 1150. The van der Waals surface area contributed by atoms with Crippen LogP contribution in [0.5, 0.6) is 0 Å². The predicted octanol–water partition coefficient (Wildman–Crippen LogP) is 5.80. The molecule has 7 heteroatoms. The molecule has 0 aliphatic heterocycles. The van der Waals surface area contributed by atoms with Crippen molar-refractivity contribution in [2.24, 2.45) is 0 Å². The highest BCUT2D eigenvalue weighted by Gasteiger charge is 2.16. The monoisotopic (exact) mass is 396 g/mol. The smallest absolute Gasteiger partial charge is 0.128 e. The van der Waals surface area contributed by atoms with Crippen molar-refractivity contribution in [1.82, 2.24) is 15.0 Å². The molecule has 1 N–H and O–H groups in total. The predicted molar refractivity (Wildman–Crippen MR) is 106 cm³/mol. The van der Waals surface area contributed by atoms with E-state index in [2.05, 4.69) is 20.3 Å². The highest BCUT2D eigenvalue weighted by atomic mass is 35.5. The van der Waals surface area contributed by atoms with Gasteiger partial charge in [-0.05, 0) is 42.8 Å². The summed E-state index contributed by atoms with van der Waals surface area (Å²) in [5.74, 6) is -0.759. The third-order valence-electron chi connectivity index (χ3n) is 4.50. The Kier molecular flexibility index (Phi) is 4.88. The van der Waals surface area contributed by atoms with Crippen molar-refractivity contribution in [1.29, 1.82) is 0 Å². The molecule has 2 aromatic carbocycles. The first-order valence-corrected chi connectivity index (χ1v) is 8.96. The van der Waals surface area contributed by atoms with Crippen molar-refractivity contribution in [3.63, 3.8) is 0 Å². The van der Waals surface area contributed by atoms with Crippen LogP contribution < -0.4 is 5.32 Å². The normalized spacial score (nSPS) is 12.1. The molecule has 0 aliphatic rings. The van der Waals surface area contributed by atoms with E-state index in [9.17, 15) is 8.78 Å². The Morgan fingerprint density at radius 3 is 2.54 bits per heavy atom. The van der Waals surface area contributed by atoms with Gasteiger partial charge >= 0.3 is 0 Å². The van der Waals surface area contributed by atoms with E-state index >= 15 is 0 Å². The first-order valence-electron chi connectivity index (χ1n) is 8.58. The van der Waals surface area contributed by atoms with Crippen LogP contribution >= 0.6 is 11.6 Å². The number of halogens is 3. The van der Waals surface area contributed by atoms with Gasteiger partial charge in [0.15, 0.2) is 0 Å². The van der Waals surface area contributed by atoms with Gasteiger partial charge in [-0.1, -0.05) is 17.7 Å². The van der Waals surface area contributed by atoms with E-state index < -0.39 is 11.9 Å². The third kappa shape index (κ3) is 3.51. The number of nitrogens with zero attached hydrogens (tertiary/aromatic N) is 3. The zero-order valence-corrected chi connectivity index (χ0v) is 15.6. The molecule has 2 aromatic heterocycles. The molecule has 0 spiro atoms. The highest BCUT2D eigenvalue weighted by molar-refractivity contribution is 6.34. The Morgan fingerprint density at radius 1 is 0.964 bits per heavy atom. The van der Waals surface area contributed by atoms with Gasteiger partial charge in [0.05, 0.1) is 22.3 Å². The fourth-order valence-corrected chi connectivity index (χ4v) is 3.29. The Morgan fingerprint density at radius 2 is 1.75 bits per heavy atom. The van der Waals surface area contributed by atoms with Crippen molar-refractivity contribution < 1.29 is 8.78 Å². The molecule has 1 unspecified atom stereocenters. The van der Waals surface area contributed by atoms with E-state index in [1.807, 2.05) is 6.92 Å². The van der Waals surface area contributed by atoms with Crippen molar-refractivity contribution in [3.8, 4) is 11.1 Å². The summed E-state index contributed by atoms with van der Waals surface area (Å²) >= 11 is 6.30. The number of hydrogen-bond acceptors (Lipinski definition) is 4. The summed E-state index contributed by atoms with van der Waals surface area (Å²) in [6.45, 7) is 1.81. The number of rotatable bonds is 4. The van der Waals surface area contributed by atoms with Crippen LogP contribution in [0.25, 0.3) is 22.0 Å². The standard InChI is InChI=1S/C21H15ClF2N4/c1-12(16-6-13(2-4-19(16)24)14-8-25-11-26-9-14)28-21-17-7-15(23)3-5-20(17)27-10-18(21)22/h2-12H,1H3,(H,27,28). The zero-order valence-electron chi connectivity index (χ0n) is 14.8. The van der Waals surface area contributed by atoms with Gasteiger partial charge in [-0.25, -0.2) is 18.7 Å². The van der Waals surface area contributed by atoms with Gasteiger partial charge in [0.2, 0.25) is 0 Å². The molecule has 0 amide bonds. The molecule has 0 bridgehead atoms. The highest BCUT2D eigenvalue weighted by Crippen LogP contribution is 2.34. The number of hydrogen-bond donors (Lipinski definition) is 1. The van der Waals surface area contributed by atoms with E-state index in [1.165, 1.54) is 30.7 Å². The van der Waals surface area contributed by atoms with Crippen LogP contribution in [0, 0.1) is 11.6 Å².